The van der Waals surface area contributed by atoms with Crippen molar-refractivity contribution < 1.29 is 22.8 Å². The van der Waals surface area contributed by atoms with Gasteiger partial charge >= 0.3 is 0 Å². The predicted octanol–water partition coefficient (Wildman–Crippen LogP) is 3.49. The van der Waals surface area contributed by atoms with E-state index in [1.54, 1.807) is 12.1 Å². The minimum absolute atomic E-state index is 0.0342. The second-order valence-electron chi connectivity index (χ2n) is 13.1. The summed E-state index contributed by atoms with van der Waals surface area (Å²) in [7, 11) is -4.20. The number of aliphatic imine (C=N–C) groups is 1. The molecule has 4 aromatic rings. The van der Waals surface area contributed by atoms with Crippen LogP contribution >= 0.6 is 11.6 Å². The van der Waals surface area contributed by atoms with E-state index in [9.17, 15) is 22.8 Å². The maximum absolute atomic E-state index is 14.3. The van der Waals surface area contributed by atoms with E-state index in [1.165, 1.54) is 6.92 Å². The van der Waals surface area contributed by atoms with Gasteiger partial charge in [-0.1, -0.05) is 96.5 Å². The third kappa shape index (κ3) is 13.5. The lowest BCUT2D eigenvalue weighted by atomic mass is 9.98. The predicted molar refractivity (Wildman–Crippen MR) is 210 cm³/mol. The van der Waals surface area contributed by atoms with E-state index in [1.807, 2.05) is 84.9 Å². The first kappa shape index (κ1) is 40.8. The minimum atomic E-state index is -4.20. The van der Waals surface area contributed by atoms with E-state index in [4.69, 9.17) is 28.8 Å². The van der Waals surface area contributed by atoms with Gasteiger partial charge in [-0.3, -0.25) is 19.4 Å². The normalized spacial score (nSPS) is 13.7. The zero-order valence-electron chi connectivity index (χ0n) is 29.7. The highest BCUT2D eigenvalue weighted by atomic mass is 35.5. The van der Waals surface area contributed by atoms with E-state index in [0.29, 0.717) is 17.9 Å². The maximum Gasteiger partial charge on any atom is 0.240 e. The van der Waals surface area contributed by atoms with Crippen LogP contribution in [0.5, 0.6) is 0 Å². The first-order valence-corrected chi connectivity index (χ1v) is 19.4. The highest BCUT2D eigenvalue weighted by Crippen LogP contribution is 2.21. The molecule has 0 saturated carbocycles. The van der Waals surface area contributed by atoms with Gasteiger partial charge in [-0.25, -0.2) is 13.1 Å². The summed E-state index contributed by atoms with van der Waals surface area (Å²) >= 11 is 6.07. The van der Waals surface area contributed by atoms with Gasteiger partial charge in [-0.05, 0) is 78.1 Å². The van der Waals surface area contributed by atoms with Crippen molar-refractivity contribution in [2.75, 3.05) is 6.54 Å². The summed E-state index contributed by atoms with van der Waals surface area (Å²) in [6.07, 6.45) is 1.51. The Morgan fingerprint density at radius 2 is 1.36 bits per heavy atom. The molecule has 53 heavy (non-hydrogen) atoms. The smallest absolute Gasteiger partial charge is 0.240 e. The van der Waals surface area contributed by atoms with Crippen LogP contribution in [0.4, 0.5) is 0 Å². The largest absolute Gasteiger partial charge is 0.370 e. The van der Waals surface area contributed by atoms with E-state index >= 15 is 0 Å². The lowest BCUT2D eigenvalue weighted by Gasteiger charge is -2.26. The van der Waals surface area contributed by atoms with Crippen LogP contribution in [-0.4, -0.2) is 62.0 Å². The molecule has 4 rings (SSSR count). The number of fused-ring (bicyclic) bond motifs is 1. The molecule has 0 spiro atoms. The Kier molecular flexibility index (Phi) is 15.2. The molecule has 4 atom stereocenters. The van der Waals surface area contributed by atoms with Crippen LogP contribution in [0.15, 0.2) is 102 Å². The second kappa shape index (κ2) is 19.7. The van der Waals surface area contributed by atoms with E-state index in [2.05, 4.69) is 20.3 Å². The number of nitrogens with two attached hydrogens (primary N) is 3. The number of nitrogens with zero attached hydrogens (tertiary/aromatic N) is 1. The fourth-order valence-electron chi connectivity index (χ4n) is 6.19. The van der Waals surface area contributed by atoms with Gasteiger partial charge in [-0.2, -0.15) is 0 Å². The molecule has 12 nitrogen and oxygen atoms in total. The number of rotatable bonds is 20. The van der Waals surface area contributed by atoms with Crippen LogP contribution in [-0.2, 0) is 43.7 Å². The summed E-state index contributed by atoms with van der Waals surface area (Å²) in [5.41, 5.74) is 19.2. The summed E-state index contributed by atoms with van der Waals surface area (Å²) in [5, 5.41) is 7.22. The SMILES string of the molecule is CC(=O)N[C@H](CC[C@H](Cc1ccccc1)S(=O)(=O)N[C@@H](CCCN=C(N)N)C(=O)NC(Cc1ccc2ccccc2c1)C(N)=O)Cc1ccc(Cl)cc1. The van der Waals surface area contributed by atoms with E-state index < -0.39 is 39.2 Å². The zero-order chi connectivity index (χ0) is 38.4. The molecule has 0 radical (unpaired) electrons. The second-order valence-corrected chi connectivity index (χ2v) is 15.6. The van der Waals surface area contributed by atoms with Gasteiger partial charge in [0.2, 0.25) is 27.7 Å². The van der Waals surface area contributed by atoms with Crippen LogP contribution in [0.1, 0.15) is 49.3 Å². The zero-order valence-corrected chi connectivity index (χ0v) is 31.3. The molecule has 0 saturated heterocycles. The molecule has 0 aliphatic rings. The monoisotopic (exact) mass is 761 g/mol. The first-order chi connectivity index (χ1) is 25.3. The van der Waals surface area contributed by atoms with Crippen molar-refractivity contribution in [3.8, 4) is 0 Å². The van der Waals surface area contributed by atoms with Crippen LogP contribution in [0, 0.1) is 0 Å². The molecule has 0 bridgehead atoms. The molecule has 0 fully saturated rings. The summed E-state index contributed by atoms with van der Waals surface area (Å²) in [4.78, 5) is 42.6. The van der Waals surface area contributed by atoms with Crippen molar-refractivity contribution in [1.82, 2.24) is 15.4 Å². The minimum Gasteiger partial charge on any atom is -0.370 e. The number of carbonyl (C=O) groups excluding carboxylic acids is 3. The summed E-state index contributed by atoms with van der Waals surface area (Å²) < 4.78 is 31.3. The Morgan fingerprint density at radius 3 is 2.02 bits per heavy atom. The number of carbonyl (C=O) groups is 3. The quantitative estimate of drug-likeness (QED) is 0.0448. The van der Waals surface area contributed by atoms with Gasteiger partial charge in [-0.15, -0.1) is 0 Å². The lowest BCUT2D eigenvalue weighted by Crippen LogP contribution is -2.55. The van der Waals surface area contributed by atoms with Gasteiger partial charge in [0.25, 0.3) is 0 Å². The molecule has 0 heterocycles. The van der Waals surface area contributed by atoms with Crippen LogP contribution in [0.2, 0.25) is 5.02 Å². The molecular weight excluding hydrogens is 714 g/mol. The maximum atomic E-state index is 14.3. The van der Waals surface area contributed by atoms with Gasteiger partial charge in [0.05, 0.1) is 5.25 Å². The molecule has 3 amide bonds. The number of hydrogen-bond donors (Lipinski definition) is 6. The van der Waals surface area contributed by atoms with E-state index in [0.717, 1.165) is 27.5 Å². The number of guanidine groups is 1. The molecule has 282 valence electrons. The summed E-state index contributed by atoms with van der Waals surface area (Å²) in [6, 6.07) is 27.1. The number of halogens is 1. The standard InChI is InChI=1S/C39H48ClN7O5S/c1-26(48)45-33(23-28-14-17-32(40)18-15-28)19-20-34(24-27-8-3-2-4-9-27)53(51,52)47-35(12-7-21-44-39(42)43)38(50)46-36(37(41)49)25-29-13-16-30-10-5-6-11-31(30)22-29/h2-6,8-11,13-18,22,33-36,47H,7,12,19-21,23-25H2,1H3,(H2,41,49)(H,45,48)(H,46,50)(H4,42,43,44)/t33-,34-,35+,36?/m1/s1. The van der Waals surface area contributed by atoms with Gasteiger partial charge < -0.3 is 27.8 Å². The highest BCUT2D eigenvalue weighted by molar-refractivity contribution is 7.90. The van der Waals surface area contributed by atoms with Crippen LogP contribution < -0.4 is 32.6 Å². The Balaban J connectivity index is 1.57. The molecule has 0 aromatic heterocycles. The fourth-order valence-corrected chi connectivity index (χ4v) is 7.99. The van der Waals surface area contributed by atoms with Crippen molar-refractivity contribution in [2.45, 2.75) is 75.2 Å². The Hall–Kier alpha value is -4.98. The number of primary amides is 1. The van der Waals surface area contributed by atoms with Gasteiger partial charge in [0, 0.05) is 31.0 Å². The number of benzene rings is 4. The highest BCUT2D eigenvalue weighted by Gasteiger charge is 2.33. The number of hydrogen-bond acceptors (Lipinski definition) is 6. The molecular formula is C39H48ClN7O5S. The molecule has 9 N–H and O–H groups in total. The third-order valence-electron chi connectivity index (χ3n) is 8.87. The number of sulfonamides is 1. The van der Waals surface area contributed by atoms with Crippen molar-refractivity contribution in [3.05, 3.63) is 119 Å². The molecule has 0 aliphatic carbocycles. The lowest BCUT2D eigenvalue weighted by molar-refractivity contribution is -0.128. The van der Waals surface area contributed by atoms with Crippen molar-refractivity contribution >= 4 is 56.1 Å². The fraction of sp³-hybridized carbons (Fsp3) is 0.333. The summed E-state index contributed by atoms with van der Waals surface area (Å²) in [5.74, 6) is -1.85. The Bertz CT molecular complexity index is 1970. The number of amides is 3. The Morgan fingerprint density at radius 1 is 0.717 bits per heavy atom. The average molecular weight is 762 g/mol. The third-order valence-corrected chi connectivity index (χ3v) is 11.0. The van der Waals surface area contributed by atoms with Gasteiger partial charge in [0.15, 0.2) is 5.96 Å². The van der Waals surface area contributed by atoms with Crippen LogP contribution in [0.25, 0.3) is 10.8 Å². The first-order valence-electron chi connectivity index (χ1n) is 17.5. The molecule has 0 aliphatic heterocycles. The molecule has 1 unspecified atom stereocenters. The van der Waals surface area contributed by atoms with Gasteiger partial charge in [0.1, 0.15) is 12.1 Å². The molecule has 4 aromatic carbocycles. The summed E-state index contributed by atoms with van der Waals surface area (Å²) in [6.45, 7) is 1.57. The van der Waals surface area contributed by atoms with E-state index in [-0.39, 0.29) is 56.6 Å². The Labute approximate surface area is 316 Å². The molecule has 14 heteroatoms. The van der Waals surface area contributed by atoms with Crippen LogP contribution in [0.3, 0.4) is 0 Å². The number of nitrogens with one attached hydrogen (secondary N) is 3. The average Bonchev–Trinajstić information content (AvgIpc) is 3.11. The van der Waals surface area contributed by atoms with Crippen molar-refractivity contribution in [1.29, 1.82) is 0 Å². The van der Waals surface area contributed by atoms with Crippen molar-refractivity contribution in [2.24, 2.45) is 22.2 Å². The topological polar surface area (TPSA) is 212 Å². The van der Waals surface area contributed by atoms with Crippen molar-refractivity contribution in [3.63, 3.8) is 0 Å².